The maximum atomic E-state index is 12.6. The van der Waals surface area contributed by atoms with Crippen molar-refractivity contribution < 1.29 is 4.79 Å². The Morgan fingerprint density at radius 1 is 1.13 bits per heavy atom. The van der Waals surface area contributed by atoms with Crippen LogP contribution in [-0.4, -0.2) is 43.8 Å². The van der Waals surface area contributed by atoms with Crippen LogP contribution in [0.15, 0.2) is 36.9 Å². The van der Waals surface area contributed by atoms with E-state index >= 15 is 0 Å². The van der Waals surface area contributed by atoms with Crippen LogP contribution in [0.2, 0.25) is 0 Å². The van der Waals surface area contributed by atoms with Crippen molar-refractivity contribution in [3.05, 3.63) is 42.6 Å². The molecule has 0 unspecified atom stereocenters. The van der Waals surface area contributed by atoms with Crippen LogP contribution in [0.25, 0.3) is 22.3 Å². The van der Waals surface area contributed by atoms with Crippen LogP contribution in [-0.2, 0) is 0 Å². The van der Waals surface area contributed by atoms with E-state index in [-0.39, 0.29) is 5.91 Å². The van der Waals surface area contributed by atoms with Gasteiger partial charge in [0, 0.05) is 36.4 Å². The Morgan fingerprint density at radius 2 is 2.00 bits per heavy atom. The minimum absolute atomic E-state index is 0.0292. The SMILES string of the molecule is O=C(c1cncc(-c2ccnc3[nH]ccc23)n1)N1CCCCC1. The summed E-state index contributed by atoms with van der Waals surface area (Å²) in [6.45, 7) is 1.62. The summed E-state index contributed by atoms with van der Waals surface area (Å²) in [5, 5.41) is 0.976. The third-order valence-electron chi connectivity index (χ3n) is 4.23. The van der Waals surface area contributed by atoms with Crippen molar-refractivity contribution in [2.75, 3.05) is 13.1 Å². The first-order chi connectivity index (χ1) is 11.3. The number of piperidine rings is 1. The van der Waals surface area contributed by atoms with Crippen molar-refractivity contribution >= 4 is 16.9 Å². The van der Waals surface area contributed by atoms with Crippen LogP contribution >= 0.6 is 0 Å². The minimum atomic E-state index is -0.0292. The highest BCUT2D eigenvalue weighted by Gasteiger charge is 2.20. The lowest BCUT2D eigenvalue weighted by molar-refractivity contribution is 0.0718. The second kappa shape index (κ2) is 5.79. The lowest BCUT2D eigenvalue weighted by Gasteiger charge is -2.26. The molecule has 4 heterocycles. The summed E-state index contributed by atoms with van der Waals surface area (Å²) >= 11 is 0. The second-order valence-corrected chi connectivity index (χ2v) is 5.74. The van der Waals surface area contributed by atoms with E-state index < -0.39 is 0 Å². The predicted octanol–water partition coefficient (Wildman–Crippen LogP) is 2.65. The van der Waals surface area contributed by atoms with E-state index in [1.807, 2.05) is 23.2 Å². The Bertz CT molecular complexity index is 851. The van der Waals surface area contributed by atoms with Crippen LogP contribution in [0, 0.1) is 0 Å². The van der Waals surface area contributed by atoms with Gasteiger partial charge in [-0.15, -0.1) is 0 Å². The van der Waals surface area contributed by atoms with Gasteiger partial charge in [-0.2, -0.15) is 0 Å². The molecule has 1 aliphatic rings. The number of aromatic amines is 1. The van der Waals surface area contributed by atoms with Crippen LogP contribution in [0.1, 0.15) is 29.8 Å². The lowest BCUT2D eigenvalue weighted by Crippen LogP contribution is -2.36. The number of carbonyl (C=O) groups excluding carboxylic acids is 1. The first-order valence-corrected chi connectivity index (χ1v) is 7.87. The summed E-state index contributed by atoms with van der Waals surface area (Å²) < 4.78 is 0. The van der Waals surface area contributed by atoms with E-state index in [1.165, 1.54) is 6.42 Å². The minimum Gasteiger partial charge on any atom is -0.346 e. The fourth-order valence-corrected chi connectivity index (χ4v) is 3.04. The van der Waals surface area contributed by atoms with Crippen LogP contribution < -0.4 is 0 Å². The Hall–Kier alpha value is -2.76. The number of fused-ring (bicyclic) bond motifs is 1. The molecule has 0 aliphatic carbocycles. The number of hydrogen-bond acceptors (Lipinski definition) is 4. The summed E-state index contributed by atoms with van der Waals surface area (Å²) in [5.74, 6) is -0.0292. The van der Waals surface area contributed by atoms with Crippen LogP contribution in [0.5, 0.6) is 0 Å². The van der Waals surface area contributed by atoms with E-state index in [0.29, 0.717) is 11.4 Å². The van der Waals surface area contributed by atoms with Gasteiger partial charge in [0.05, 0.1) is 18.1 Å². The van der Waals surface area contributed by atoms with Crippen molar-refractivity contribution in [3.8, 4) is 11.3 Å². The summed E-state index contributed by atoms with van der Waals surface area (Å²) in [6.07, 6.45) is 10.1. The van der Waals surface area contributed by atoms with Gasteiger partial charge in [-0.1, -0.05) is 0 Å². The van der Waals surface area contributed by atoms with Crippen molar-refractivity contribution in [2.45, 2.75) is 19.3 Å². The van der Waals surface area contributed by atoms with Gasteiger partial charge >= 0.3 is 0 Å². The van der Waals surface area contributed by atoms with E-state index in [2.05, 4.69) is 19.9 Å². The molecule has 0 radical (unpaired) electrons. The zero-order valence-corrected chi connectivity index (χ0v) is 12.7. The number of carbonyl (C=O) groups is 1. The van der Waals surface area contributed by atoms with Gasteiger partial charge in [0.25, 0.3) is 5.91 Å². The maximum Gasteiger partial charge on any atom is 0.274 e. The molecule has 0 aromatic carbocycles. The van der Waals surface area contributed by atoms with E-state index in [4.69, 9.17) is 0 Å². The van der Waals surface area contributed by atoms with Gasteiger partial charge in [0.2, 0.25) is 0 Å². The van der Waals surface area contributed by atoms with Gasteiger partial charge in [0.1, 0.15) is 11.3 Å². The molecular weight excluding hydrogens is 290 g/mol. The number of aromatic nitrogens is 4. The van der Waals surface area contributed by atoms with Gasteiger partial charge in [-0.05, 0) is 31.4 Å². The Labute approximate surface area is 133 Å². The zero-order chi connectivity index (χ0) is 15.6. The largest absolute Gasteiger partial charge is 0.346 e. The molecule has 116 valence electrons. The zero-order valence-electron chi connectivity index (χ0n) is 12.7. The summed E-state index contributed by atoms with van der Waals surface area (Å²) in [6, 6.07) is 3.85. The maximum absolute atomic E-state index is 12.6. The number of likely N-dealkylation sites (tertiary alicyclic amines) is 1. The molecule has 0 saturated carbocycles. The topological polar surface area (TPSA) is 74.8 Å². The number of nitrogens with zero attached hydrogens (tertiary/aromatic N) is 4. The number of nitrogens with one attached hydrogen (secondary N) is 1. The standard InChI is InChI=1S/C17H17N5O/c23-17(22-8-2-1-3-9-22)15-11-18-10-14(21-15)12-4-6-19-16-13(12)5-7-20-16/h4-7,10-11H,1-3,8-9H2,(H,19,20). The Kier molecular flexibility index (Phi) is 3.49. The lowest BCUT2D eigenvalue weighted by atomic mass is 10.1. The monoisotopic (exact) mass is 307 g/mol. The molecule has 6 nitrogen and oxygen atoms in total. The van der Waals surface area contributed by atoms with Crippen molar-refractivity contribution in [1.82, 2.24) is 24.8 Å². The van der Waals surface area contributed by atoms with E-state index in [9.17, 15) is 4.79 Å². The third-order valence-corrected chi connectivity index (χ3v) is 4.23. The predicted molar refractivity (Wildman–Crippen MR) is 86.9 cm³/mol. The second-order valence-electron chi connectivity index (χ2n) is 5.74. The summed E-state index contributed by atoms with van der Waals surface area (Å²) in [4.78, 5) is 30.6. The molecule has 0 spiro atoms. The Balaban J connectivity index is 1.71. The fourth-order valence-electron chi connectivity index (χ4n) is 3.04. The molecule has 3 aromatic rings. The molecule has 0 bridgehead atoms. The number of H-pyrrole nitrogens is 1. The van der Waals surface area contributed by atoms with Gasteiger partial charge in [0.15, 0.2) is 0 Å². The first kappa shape index (κ1) is 13.9. The number of rotatable bonds is 2. The van der Waals surface area contributed by atoms with Crippen molar-refractivity contribution in [2.24, 2.45) is 0 Å². The van der Waals surface area contributed by atoms with Gasteiger partial charge in [-0.3, -0.25) is 9.78 Å². The summed E-state index contributed by atoms with van der Waals surface area (Å²) in [5.41, 5.74) is 2.83. The number of amides is 1. The normalized spacial score (nSPS) is 15.0. The fraction of sp³-hybridized carbons (Fsp3) is 0.294. The summed E-state index contributed by atoms with van der Waals surface area (Å²) in [7, 11) is 0. The molecule has 3 aromatic heterocycles. The van der Waals surface area contributed by atoms with E-state index in [0.717, 1.165) is 42.5 Å². The number of pyridine rings is 1. The van der Waals surface area contributed by atoms with Crippen molar-refractivity contribution in [1.29, 1.82) is 0 Å². The quantitative estimate of drug-likeness (QED) is 0.790. The van der Waals surface area contributed by atoms with Gasteiger partial charge < -0.3 is 9.88 Å². The van der Waals surface area contributed by atoms with Gasteiger partial charge in [-0.25, -0.2) is 9.97 Å². The molecule has 23 heavy (non-hydrogen) atoms. The third kappa shape index (κ3) is 2.56. The smallest absolute Gasteiger partial charge is 0.274 e. The molecule has 6 heteroatoms. The number of hydrogen-bond donors (Lipinski definition) is 1. The highest BCUT2D eigenvalue weighted by Crippen LogP contribution is 2.25. The average molecular weight is 307 g/mol. The average Bonchev–Trinajstić information content (AvgIpc) is 3.10. The molecule has 1 saturated heterocycles. The Morgan fingerprint density at radius 3 is 2.87 bits per heavy atom. The van der Waals surface area contributed by atoms with Crippen molar-refractivity contribution in [3.63, 3.8) is 0 Å². The van der Waals surface area contributed by atoms with Crippen LogP contribution in [0.3, 0.4) is 0 Å². The molecule has 0 atom stereocenters. The molecule has 4 rings (SSSR count). The highest BCUT2D eigenvalue weighted by atomic mass is 16.2. The van der Waals surface area contributed by atoms with E-state index in [1.54, 1.807) is 18.6 Å². The molecule has 1 amide bonds. The first-order valence-electron chi connectivity index (χ1n) is 7.87. The molecule has 1 fully saturated rings. The van der Waals surface area contributed by atoms with Crippen LogP contribution in [0.4, 0.5) is 0 Å². The molecular formula is C17H17N5O. The molecule has 1 aliphatic heterocycles. The molecule has 1 N–H and O–H groups in total. The highest BCUT2D eigenvalue weighted by molar-refractivity contribution is 5.94.